The topological polar surface area (TPSA) is 167 Å². The van der Waals surface area contributed by atoms with Gasteiger partial charge in [0.2, 0.25) is 0 Å². The van der Waals surface area contributed by atoms with E-state index in [4.69, 9.17) is 26.2 Å². The first-order chi connectivity index (χ1) is 15.2. The molecule has 0 aliphatic heterocycles. The number of rotatable bonds is 14. The van der Waals surface area contributed by atoms with E-state index in [1.807, 2.05) is 0 Å². The van der Waals surface area contributed by atoms with E-state index in [1.165, 1.54) is 38.5 Å². The van der Waals surface area contributed by atoms with Crippen LogP contribution in [0.5, 0.6) is 0 Å². The number of unbranched alkanes of at least 4 members (excludes halogenated alkanes) is 8. The van der Waals surface area contributed by atoms with Crippen molar-refractivity contribution in [3.8, 4) is 0 Å². The summed E-state index contributed by atoms with van der Waals surface area (Å²) in [5.74, 6) is -2.45. The number of carbonyl (C=O) groups is 3. The smallest absolute Gasteiger partial charge is 0.330 e. The zero-order valence-corrected chi connectivity index (χ0v) is 20.7. The number of ether oxygens (including phenoxy) is 1. The van der Waals surface area contributed by atoms with Crippen molar-refractivity contribution in [2.24, 2.45) is 5.73 Å². The van der Waals surface area contributed by atoms with Gasteiger partial charge in [0, 0.05) is 32.7 Å². The number of aliphatic hydroxyl groups excluding tert-OH is 3. The summed E-state index contributed by atoms with van der Waals surface area (Å²) in [5, 5.41) is 31.2. The molecule has 0 aromatic carbocycles. The minimum absolute atomic E-state index is 0.0283. The van der Waals surface area contributed by atoms with E-state index >= 15 is 0 Å². The van der Waals surface area contributed by atoms with E-state index in [1.54, 1.807) is 20.8 Å². The first-order valence-corrected chi connectivity index (χ1v) is 11.8. The summed E-state index contributed by atoms with van der Waals surface area (Å²) >= 11 is 0. The van der Waals surface area contributed by atoms with E-state index < -0.39 is 23.9 Å². The van der Waals surface area contributed by atoms with Gasteiger partial charge in [-0.1, -0.05) is 58.3 Å². The third-order valence-electron chi connectivity index (χ3n) is 3.67. The van der Waals surface area contributed by atoms with Gasteiger partial charge < -0.3 is 30.9 Å². The van der Waals surface area contributed by atoms with Gasteiger partial charge in [0.05, 0.1) is 0 Å². The maximum Gasteiger partial charge on any atom is 0.330 e. The zero-order chi connectivity index (χ0) is 25.6. The van der Waals surface area contributed by atoms with Gasteiger partial charge in [-0.2, -0.15) is 0 Å². The Kier molecular flexibility index (Phi) is 40.2. The van der Waals surface area contributed by atoms with Gasteiger partial charge in [0.15, 0.2) is 0 Å². The van der Waals surface area contributed by atoms with E-state index in [2.05, 4.69) is 11.7 Å². The van der Waals surface area contributed by atoms with Gasteiger partial charge in [0.1, 0.15) is 6.04 Å². The molecule has 9 nitrogen and oxygen atoms in total. The van der Waals surface area contributed by atoms with Crippen LogP contribution in [0, 0.1) is 0 Å². The minimum atomic E-state index is -1.06. The summed E-state index contributed by atoms with van der Waals surface area (Å²) in [6.07, 6.45) is 10.2. The molecule has 0 amide bonds. The maximum atomic E-state index is 11.5. The number of carboxylic acid groups (broad SMARTS) is 1. The van der Waals surface area contributed by atoms with Crippen LogP contribution < -0.4 is 5.73 Å². The largest absolute Gasteiger partial charge is 0.481 e. The van der Waals surface area contributed by atoms with Crippen LogP contribution >= 0.6 is 0 Å². The fraction of sp³-hybridized carbons (Fsp3) is 0.870. The number of carbonyl (C=O) groups excluding carboxylic acids is 2. The van der Waals surface area contributed by atoms with Gasteiger partial charge in [-0.05, 0) is 33.6 Å². The maximum absolute atomic E-state index is 11.5. The Morgan fingerprint density at radius 1 is 0.719 bits per heavy atom. The molecular weight excluding hydrogens is 418 g/mol. The second-order valence-electron chi connectivity index (χ2n) is 6.86. The lowest BCUT2D eigenvalue weighted by atomic mass is 10.1. The van der Waals surface area contributed by atoms with Gasteiger partial charge in [-0.25, -0.2) is 4.79 Å². The summed E-state index contributed by atoms with van der Waals surface area (Å²) in [6.45, 7) is 7.99. The van der Waals surface area contributed by atoms with Crippen LogP contribution in [0.4, 0.5) is 0 Å². The Bertz CT molecular complexity index is 401. The summed E-state index contributed by atoms with van der Waals surface area (Å²) in [5.41, 5.74) is 5.47. The Hall–Kier alpha value is -1.55. The lowest BCUT2D eigenvalue weighted by molar-refractivity contribution is -0.160. The zero-order valence-electron chi connectivity index (χ0n) is 20.7. The fourth-order valence-electron chi connectivity index (χ4n) is 2.22. The molecule has 9 heteroatoms. The Labute approximate surface area is 194 Å². The number of aliphatic carboxylic acids is 1. The monoisotopic (exact) mass is 467 g/mol. The average molecular weight is 468 g/mol. The van der Waals surface area contributed by atoms with Crippen molar-refractivity contribution in [3.05, 3.63) is 0 Å². The summed E-state index contributed by atoms with van der Waals surface area (Å²) in [4.78, 5) is 33.3. The third kappa shape index (κ3) is 42.5. The molecule has 194 valence electrons. The van der Waals surface area contributed by atoms with Crippen molar-refractivity contribution in [2.45, 2.75) is 111 Å². The molecule has 0 bridgehead atoms. The molecule has 0 rings (SSSR count). The minimum Gasteiger partial charge on any atom is -0.481 e. The van der Waals surface area contributed by atoms with Crippen molar-refractivity contribution >= 4 is 17.9 Å². The molecule has 0 radical (unpaired) electrons. The second-order valence-corrected chi connectivity index (χ2v) is 6.86. The number of hydrogen-bond donors (Lipinski definition) is 5. The summed E-state index contributed by atoms with van der Waals surface area (Å²) in [6, 6.07) is -1.06. The van der Waals surface area contributed by atoms with Crippen molar-refractivity contribution in [1.82, 2.24) is 0 Å². The van der Waals surface area contributed by atoms with E-state index in [-0.39, 0.29) is 39.1 Å². The first kappa shape index (κ1) is 37.7. The molecule has 0 aromatic rings. The normalized spacial score (nSPS) is 10.2. The predicted molar refractivity (Wildman–Crippen MR) is 126 cm³/mol. The molecule has 32 heavy (non-hydrogen) atoms. The Morgan fingerprint density at radius 2 is 1.09 bits per heavy atom. The summed E-state index contributed by atoms with van der Waals surface area (Å²) in [7, 11) is 0. The van der Waals surface area contributed by atoms with Crippen molar-refractivity contribution in [2.75, 3.05) is 19.8 Å². The molecule has 0 saturated heterocycles. The van der Waals surface area contributed by atoms with Crippen LogP contribution in [0.3, 0.4) is 0 Å². The van der Waals surface area contributed by atoms with Gasteiger partial charge in [-0.3, -0.25) is 9.59 Å². The lowest BCUT2D eigenvalue weighted by Gasteiger charge is -2.09. The van der Waals surface area contributed by atoms with Crippen LogP contribution in [0.25, 0.3) is 0 Å². The van der Waals surface area contributed by atoms with Gasteiger partial charge in [0.25, 0.3) is 0 Å². The molecule has 0 spiro atoms. The lowest BCUT2D eigenvalue weighted by Crippen LogP contribution is -2.34. The van der Waals surface area contributed by atoms with E-state index in [0.29, 0.717) is 6.42 Å². The molecule has 0 unspecified atom stereocenters. The standard InChI is InChI=1S/C17H31NO5.3C2H6O/c1-2-3-4-5-6-7-8-9-10-11-16(21)23-17(22)14(18)12-13-15(19)20;3*1-2-3/h14H,2-13,18H2,1H3,(H,19,20);3*3H,2H2,1H3/t14-;;;/m0.../s1. The second kappa shape index (κ2) is 34.1. The van der Waals surface area contributed by atoms with Gasteiger partial charge in [-0.15, -0.1) is 0 Å². The highest BCUT2D eigenvalue weighted by molar-refractivity contribution is 5.88. The van der Waals surface area contributed by atoms with Crippen molar-refractivity contribution < 1.29 is 39.5 Å². The van der Waals surface area contributed by atoms with E-state index in [9.17, 15) is 14.4 Å². The van der Waals surface area contributed by atoms with Crippen LogP contribution in [-0.2, 0) is 19.1 Å². The Morgan fingerprint density at radius 3 is 1.47 bits per heavy atom. The van der Waals surface area contributed by atoms with Crippen molar-refractivity contribution in [1.29, 1.82) is 0 Å². The van der Waals surface area contributed by atoms with Crippen LogP contribution in [0.2, 0.25) is 0 Å². The highest BCUT2D eigenvalue weighted by Crippen LogP contribution is 2.11. The predicted octanol–water partition coefficient (Wildman–Crippen LogP) is 3.17. The number of carboxylic acids is 1. The molecule has 0 aromatic heterocycles. The molecule has 0 heterocycles. The molecule has 6 N–H and O–H groups in total. The number of nitrogens with two attached hydrogens (primary N) is 1. The SMILES string of the molecule is CCCCCCCCCCCC(=O)OC(=O)[C@@H](N)CCC(=O)O.CCO.CCO.CCO. The molecule has 0 aliphatic carbocycles. The molecular formula is C23H49NO8. The number of hydrogen-bond acceptors (Lipinski definition) is 8. The average Bonchev–Trinajstić information content (AvgIpc) is 2.72. The number of esters is 2. The van der Waals surface area contributed by atoms with Crippen LogP contribution in [0.15, 0.2) is 0 Å². The summed E-state index contributed by atoms with van der Waals surface area (Å²) < 4.78 is 4.62. The molecule has 0 aliphatic rings. The third-order valence-corrected chi connectivity index (χ3v) is 3.67. The van der Waals surface area contributed by atoms with Crippen molar-refractivity contribution in [3.63, 3.8) is 0 Å². The molecule has 0 fully saturated rings. The molecule has 1 atom stereocenters. The highest BCUT2D eigenvalue weighted by Gasteiger charge is 2.19. The number of aliphatic hydroxyl groups is 3. The van der Waals surface area contributed by atoms with Crippen LogP contribution in [0.1, 0.15) is 105 Å². The quantitative estimate of drug-likeness (QED) is 0.146. The Balaban J connectivity index is -0.000000371. The van der Waals surface area contributed by atoms with Gasteiger partial charge >= 0.3 is 17.9 Å². The fourth-order valence-corrected chi connectivity index (χ4v) is 2.22. The highest BCUT2D eigenvalue weighted by atomic mass is 16.6. The first-order valence-electron chi connectivity index (χ1n) is 11.8. The van der Waals surface area contributed by atoms with E-state index in [0.717, 1.165) is 12.8 Å². The molecule has 0 saturated carbocycles. The van der Waals surface area contributed by atoms with Crippen LogP contribution in [-0.4, -0.2) is 64.2 Å².